The van der Waals surface area contributed by atoms with Crippen LogP contribution in [0.25, 0.3) is 22.2 Å². The lowest BCUT2D eigenvalue weighted by Gasteiger charge is -2.29. The molecule has 2 fully saturated rings. The number of anilines is 2. The van der Waals surface area contributed by atoms with E-state index in [1.165, 1.54) is 10.9 Å². The Hall–Kier alpha value is -3.34. The second kappa shape index (κ2) is 9.13. The molecule has 2 aromatic heterocycles. The van der Waals surface area contributed by atoms with Gasteiger partial charge in [-0.2, -0.15) is 0 Å². The largest absolute Gasteiger partial charge is 0.388 e. The Morgan fingerprint density at radius 1 is 1.26 bits per heavy atom. The van der Waals surface area contributed by atoms with E-state index < -0.39 is 12.1 Å². The van der Waals surface area contributed by atoms with Gasteiger partial charge in [-0.15, -0.1) is 0 Å². The number of aryl methyl sites for hydroxylation is 1. The van der Waals surface area contributed by atoms with Gasteiger partial charge in [0.25, 0.3) is 5.56 Å². The van der Waals surface area contributed by atoms with Crippen molar-refractivity contribution in [2.75, 3.05) is 56.2 Å². The van der Waals surface area contributed by atoms with Crippen LogP contribution in [0.1, 0.15) is 6.42 Å². The predicted molar refractivity (Wildman–Crippen MR) is 129 cm³/mol. The Kier molecular flexibility index (Phi) is 6.03. The fraction of sp³-hybridized carbons (Fsp3) is 0.417. The van der Waals surface area contributed by atoms with Gasteiger partial charge in [-0.05, 0) is 31.2 Å². The number of hydrogen-bond donors (Lipinski definition) is 3. The summed E-state index contributed by atoms with van der Waals surface area (Å²) in [6, 6.07) is 9.88. The molecule has 0 radical (unpaired) electrons. The summed E-state index contributed by atoms with van der Waals surface area (Å²) >= 11 is 0. The molecule has 0 spiro atoms. The number of ether oxygens (including phenoxy) is 1. The molecule has 10 heteroatoms. The lowest BCUT2D eigenvalue weighted by Crippen LogP contribution is -2.50. The summed E-state index contributed by atoms with van der Waals surface area (Å²) in [4.78, 5) is 37.2. The van der Waals surface area contributed by atoms with E-state index in [2.05, 4.69) is 32.7 Å². The highest BCUT2D eigenvalue weighted by Crippen LogP contribution is 2.30. The van der Waals surface area contributed by atoms with Crippen molar-refractivity contribution in [1.29, 1.82) is 0 Å². The van der Waals surface area contributed by atoms with Gasteiger partial charge in [0.2, 0.25) is 0 Å². The van der Waals surface area contributed by atoms with Gasteiger partial charge in [0.15, 0.2) is 5.78 Å². The van der Waals surface area contributed by atoms with Crippen molar-refractivity contribution in [3.8, 4) is 11.3 Å². The number of carbonyl (C=O) groups is 1. The van der Waals surface area contributed by atoms with Gasteiger partial charge in [-0.3, -0.25) is 9.59 Å². The van der Waals surface area contributed by atoms with E-state index in [1.807, 2.05) is 12.1 Å². The van der Waals surface area contributed by atoms with Crippen LogP contribution in [0.5, 0.6) is 0 Å². The molecule has 1 aromatic carbocycles. The molecule has 34 heavy (non-hydrogen) atoms. The predicted octanol–water partition coefficient (Wildman–Crippen LogP) is 0.538. The van der Waals surface area contributed by atoms with E-state index in [9.17, 15) is 14.7 Å². The van der Waals surface area contributed by atoms with Gasteiger partial charge in [-0.25, -0.2) is 9.97 Å². The lowest BCUT2D eigenvalue weighted by molar-refractivity contribution is -0.125. The standard InChI is InChI=1S/C24H28N6O4/c1-29-15-26-19-12-18(16-2-4-17(5-3-16)30-8-10-34-11-9-30)27-22(21(19)23(29)33)28-24(20(32)13-31)6-7-25-14-24/h2-5,12,15,25,31H,6-11,13-14H2,1H3,(H,27,28)/t24-/m1/s1. The van der Waals surface area contributed by atoms with Crippen molar-refractivity contribution in [3.05, 3.63) is 47.0 Å². The van der Waals surface area contributed by atoms with Crippen molar-refractivity contribution >= 4 is 28.2 Å². The molecule has 3 aromatic rings. The third-order valence-electron chi connectivity index (χ3n) is 6.63. The number of aliphatic hydroxyl groups is 1. The Balaban J connectivity index is 1.58. The zero-order valence-electron chi connectivity index (χ0n) is 19.1. The summed E-state index contributed by atoms with van der Waals surface area (Å²) in [7, 11) is 1.63. The maximum Gasteiger partial charge on any atom is 0.264 e. The molecule has 0 bridgehead atoms. The van der Waals surface area contributed by atoms with Crippen LogP contribution in [-0.4, -0.2) is 77.0 Å². The summed E-state index contributed by atoms with van der Waals surface area (Å²) in [5, 5.41) is 16.3. The number of pyridine rings is 1. The first-order chi connectivity index (χ1) is 16.5. The SMILES string of the molecule is Cn1cnc2cc(-c3ccc(N4CCOCC4)cc3)nc(N[C@]3(C(=O)CO)CCNC3)c2c1=O. The van der Waals surface area contributed by atoms with Crippen LogP contribution in [0.4, 0.5) is 11.5 Å². The minimum atomic E-state index is -1.03. The Labute approximate surface area is 196 Å². The summed E-state index contributed by atoms with van der Waals surface area (Å²) in [5.41, 5.74) is 1.83. The van der Waals surface area contributed by atoms with E-state index in [4.69, 9.17) is 9.72 Å². The van der Waals surface area contributed by atoms with Gasteiger partial charge >= 0.3 is 0 Å². The van der Waals surface area contributed by atoms with Crippen LogP contribution in [0.2, 0.25) is 0 Å². The first-order valence-corrected chi connectivity index (χ1v) is 11.4. The molecule has 3 N–H and O–H groups in total. The zero-order chi connectivity index (χ0) is 23.7. The molecule has 0 aliphatic carbocycles. The summed E-state index contributed by atoms with van der Waals surface area (Å²) in [6.45, 7) is 3.50. The number of morpholine rings is 1. The van der Waals surface area contributed by atoms with E-state index in [1.54, 1.807) is 13.1 Å². The number of rotatable bonds is 6. The highest BCUT2D eigenvalue weighted by molar-refractivity contribution is 5.97. The minimum absolute atomic E-state index is 0.258. The van der Waals surface area contributed by atoms with Gasteiger partial charge in [0.05, 0.1) is 30.8 Å². The molecule has 0 amide bonds. The normalized spacial score (nSPS) is 20.6. The topological polar surface area (TPSA) is 122 Å². The number of aliphatic hydroxyl groups excluding tert-OH is 1. The number of nitrogens with one attached hydrogen (secondary N) is 2. The molecule has 0 saturated carbocycles. The number of carbonyl (C=O) groups excluding carboxylic acids is 1. The highest BCUT2D eigenvalue weighted by atomic mass is 16.5. The molecular weight excluding hydrogens is 436 g/mol. The second-order valence-electron chi connectivity index (χ2n) is 8.77. The Morgan fingerprint density at radius 3 is 2.71 bits per heavy atom. The number of aromatic nitrogens is 3. The Morgan fingerprint density at radius 2 is 2.03 bits per heavy atom. The van der Waals surface area contributed by atoms with Gasteiger partial charge in [0, 0.05) is 37.9 Å². The maximum atomic E-state index is 13.0. The van der Waals surface area contributed by atoms with E-state index in [-0.39, 0.29) is 11.3 Å². The second-order valence-corrected chi connectivity index (χ2v) is 8.77. The third-order valence-corrected chi connectivity index (χ3v) is 6.63. The van der Waals surface area contributed by atoms with Crippen molar-refractivity contribution in [2.24, 2.45) is 7.05 Å². The first kappa shape index (κ1) is 22.5. The van der Waals surface area contributed by atoms with E-state index in [0.29, 0.717) is 55.1 Å². The average Bonchev–Trinajstić information content (AvgIpc) is 3.36. The zero-order valence-corrected chi connectivity index (χ0v) is 19.1. The van der Waals surface area contributed by atoms with E-state index in [0.717, 1.165) is 24.3 Å². The van der Waals surface area contributed by atoms with Crippen molar-refractivity contribution in [1.82, 2.24) is 19.9 Å². The molecule has 2 aliphatic heterocycles. The van der Waals surface area contributed by atoms with Gasteiger partial charge in [0.1, 0.15) is 23.3 Å². The van der Waals surface area contributed by atoms with Crippen LogP contribution in [0.15, 0.2) is 41.5 Å². The molecule has 5 rings (SSSR count). The van der Waals surface area contributed by atoms with Crippen LogP contribution in [0, 0.1) is 0 Å². The van der Waals surface area contributed by atoms with Crippen molar-refractivity contribution in [2.45, 2.75) is 12.0 Å². The molecule has 2 aliphatic rings. The van der Waals surface area contributed by atoms with Gasteiger partial charge in [-0.1, -0.05) is 12.1 Å². The maximum absolute atomic E-state index is 13.0. The lowest BCUT2D eigenvalue weighted by atomic mass is 9.93. The molecule has 4 heterocycles. The smallest absolute Gasteiger partial charge is 0.264 e. The van der Waals surface area contributed by atoms with Crippen molar-refractivity contribution in [3.63, 3.8) is 0 Å². The monoisotopic (exact) mass is 464 g/mol. The van der Waals surface area contributed by atoms with Gasteiger partial charge < -0.3 is 29.9 Å². The number of benzene rings is 1. The quantitative estimate of drug-likeness (QED) is 0.480. The van der Waals surface area contributed by atoms with Crippen LogP contribution in [-0.2, 0) is 16.6 Å². The fourth-order valence-corrected chi connectivity index (χ4v) is 4.61. The summed E-state index contributed by atoms with van der Waals surface area (Å²) < 4.78 is 6.83. The molecule has 0 unspecified atom stereocenters. The van der Waals surface area contributed by atoms with E-state index >= 15 is 0 Å². The van der Waals surface area contributed by atoms with Crippen LogP contribution >= 0.6 is 0 Å². The summed E-state index contributed by atoms with van der Waals surface area (Å²) in [6.07, 6.45) is 1.96. The molecule has 2 saturated heterocycles. The van der Waals surface area contributed by atoms with Crippen LogP contribution in [0.3, 0.4) is 0 Å². The number of ketones is 1. The summed E-state index contributed by atoms with van der Waals surface area (Å²) in [5.74, 6) is -0.0441. The Bertz CT molecular complexity index is 1260. The molecule has 1 atom stereocenters. The number of nitrogens with zero attached hydrogens (tertiary/aromatic N) is 4. The molecular formula is C24H28N6O4. The minimum Gasteiger partial charge on any atom is -0.388 e. The number of fused-ring (bicyclic) bond motifs is 1. The highest BCUT2D eigenvalue weighted by Gasteiger charge is 2.41. The molecule has 10 nitrogen and oxygen atoms in total. The fourth-order valence-electron chi connectivity index (χ4n) is 4.61. The molecule has 178 valence electrons. The average molecular weight is 465 g/mol. The number of hydrogen-bond acceptors (Lipinski definition) is 9. The first-order valence-electron chi connectivity index (χ1n) is 11.4. The van der Waals surface area contributed by atoms with Crippen LogP contribution < -0.4 is 21.1 Å². The van der Waals surface area contributed by atoms with Crippen molar-refractivity contribution < 1.29 is 14.6 Å². The third kappa shape index (κ3) is 4.04. The number of Topliss-reactive ketones (excluding diaryl/α,β-unsaturated/α-hetero) is 1.